The maximum Gasteiger partial charge on any atom is 0.249 e. The van der Waals surface area contributed by atoms with Gasteiger partial charge in [0, 0.05) is 13.7 Å². The van der Waals surface area contributed by atoms with Gasteiger partial charge in [0.25, 0.3) is 0 Å². The van der Waals surface area contributed by atoms with E-state index < -0.39 is 6.10 Å². The third-order valence-corrected chi connectivity index (χ3v) is 4.44. The molecule has 0 aromatic heterocycles. The highest BCUT2D eigenvalue weighted by Gasteiger charge is 2.17. The highest BCUT2D eigenvalue weighted by Crippen LogP contribution is 2.28. The van der Waals surface area contributed by atoms with Crippen LogP contribution in [0.25, 0.3) is 0 Å². The second-order valence-electron chi connectivity index (χ2n) is 6.41. The Kier molecular flexibility index (Phi) is 9.00. The van der Waals surface area contributed by atoms with Gasteiger partial charge in [0.15, 0.2) is 11.5 Å². The van der Waals surface area contributed by atoms with Crippen LogP contribution in [0.2, 0.25) is 0 Å². The Balaban J connectivity index is 1.82. The van der Waals surface area contributed by atoms with Gasteiger partial charge in [-0.15, -0.1) is 6.42 Å². The van der Waals surface area contributed by atoms with E-state index in [2.05, 4.69) is 11.2 Å². The predicted molar refractivity (Wildman–Crippen MR) is 110 cm³/mol. The summed E-state index contributed by atoms with van der Waals surface area (Å²) in [6.45, 7) is 0.630. The number of aryl methyl sites for hydroxylation is 1. The molecule has 6 heteroatoms. The minimum atomic E-state index is -0.561. The Bertz CT molecular complexity index is 830. The predicted octanol–water partition coefficient (Wildman–Crippen LogP) is 3.15. The fourth-order valence-electron chi connectivity index (χ4n) is 2.85. The van der Waals surface area contributed by atoms with Gasteiger partial charge in [0.1, 0.15) is 18.5 Å². The van der Waals surface area contributed by atoms with Crippen LogP contribution in [0.5, 0.6) is 11.5 Å². The number of methoxy groups -OCH3 is 2. The molecular formula is C23H26FNO4. The number of hydrogen-bond acceptors (Lipinski definition) is 4. The van der Waals surface area contributed by atoms with Gasteiger partial charge < -0.3 is 19.5 Å². The van der Waals surface area contributed by atoms with Crippen LogP contribution in [0.15, 0.2) is 42.5 Å². The summed E-state index contributed by atoms with van der Waals surface area (Å²) < 4.78 is 29.0. The number of carbonyl (C=O) groups excluding carboxylic acids is 1. The van der Waals surface area contributed by atoms with Crippen LogP contribution in [0.4, 0.5) is 4.39 Å². The second-order valence-corrected chi connectivity index (χ2v) is 6.41. The van der Waals surface area contributed by atoms with Crippen LogP contribution in [0.1, 0.15) is 17.5 Å². The van der Waals surface area contributed by atoms with Gasteiger partial charge in [-0.25, -0.2) is 4.39 Å². The average Bonchev–Trinajstić information content (AvgIpc) is 2.74. The van der Waals surface area contributed by atoms with E-state index in [9.17, 15) is 9.18 Å². The molecule has 2 aromatic rings. The molecule has 0 heterocycles. The van der Waals surface area contributed by atoms with E-state index in [4.69, 9.17) is 20.6 Å². The van der Waals surface area contributed by atoms with E-state index in [-0.39, 0.29) is 18.3 Å². The number of halogens is 1. The van der Waals surface area contributed by atoms with Crippen LogP contribution < -0.4 is 14.8 Å². The summed E-state index contributed by atoms with van der Waals surface area (Å²) >= 11 is 0. The molecule has 5 nitrogen and oxygen atoms in total. The fourth-order valence-corrected chi connectivity index (χ4v) is 2.85. The van der Waals surface area contributed by atoms with Crippen molar-refractivity contribution in [2.45, 2.75) is 25.4 Å². The summed E-state index contributed by atoms with van der Waals surface area (Å²) in [6, 6.07) is 11.8. The monoisotopic (exact) mass is 399 g/mol. The first-order valence-electron chi connectivity index (χ1n) is 9.35. The van der Waals surface area contributed by atoms with Crippen molar-refractivity contribution in [3.63, 3.8) is 0 Å². The van der Waals surface area contributed by atoms with Gasteiger partial charge >= 0.3 is 0 Å². The Morgan fingerprint density at radius 2 is 1.83 bits per heavy atom. The van der Waals surface area contributed by atoms with Gasteiger partial charge in [-0.05, 0) is 54.7 Å². The summed E-state index contributed by atoms with van der Waals surface area (Å²) in [5, 5.41) is 2.89. The molecule has 0 aliphatic heterocycles. The van der Waals surface area contributed by atoms with E-state index in [1.807, 2.05) is 12.1 Å². The molecule has 0 radical (unpaired) electrons. The summed E-state index contributed by atoms with van der Waals surface area (Å²) in [5.41, 5.74) is 1.95. The quantitative estimate of drug-likeness (QED) is 0.590. The molecular weight excluding hydrogens is 373 g/mol. The van der Waals surface area contributed by atoms with E-state index >= 15 is 0 Å². The summed E-state index contributed by atoms with van der Waals surface area (Å²) in [4.78, 5) is 12.4. The first-order chi connectivity index (χ1) is 14.1. The fraction of sp³-hybridized carbons (Fsp3) is 0.348. The molecule has 1 atom stereocenters. The van der Waals surface area contributed by atoms with Crippen molar-refractivity contribution in [1.29, 1.82) is 0 Å². The number of terminal acetylenes is 1. The van der Waals surface area contributed by atoms with Crippen molar-refractivity contribution in [2.24, 2.45) is 0 Å². The minimum absolute atomic E-state index is 0.169. The Hall–Kier alpha value is -3.04. The molecule has 0 saturated heterocycles. The van der Waals surface area contributed by atoms with Crippen LogP contribution in [-0.4, -0.2) is 39.4 Å². The van der Waals surface area contributed by atoms with Gasteiger partial charge in [-0.2, -0.15) is 0 Å². The first kappa shape index (κ1) is 22.3. The number of rotatable bonds is 11. The molecule has 0 fully saturated rings. The van der Waals surface area contributed by atoms with Crippen LogP contribution >= 0.6 is 0 Å². The lowest BCUT2D eigenvalue weighted by Gasteiger charge is -2.16. The summed E-state index contributed by atoms with van der Waals surface area (Å²) in [7, 11) is 3.07. The lowest BCUT2D eigenvalue weighted by Crippen LogP contribution is -2.37. The zero-order valence-electron chi connectivity index (χ0n) is 16.7. The van der Waals surface area contributed by atoms with Crippen molar-refractivity contribution in [3.05, 3.63) is 59.4 Å². The van der Waals surface area contributed by atoms with Crippen molar-refractivity contribution < 1.29 is 23.4 Å². The zero-order valence-corrected chi connectivity index (χ0v) is 16.7. The first-order valence-corrected chi connectivity index (χ1v) is 9.35. The van der Waals surface area contributed by atoms with Crippen LogP contribution in [0.3, 0.4) is 0 Å². The SMILES string of the molecule is C#CCOc1ccc(CCNC(=O)[C@@H](CCc2ccc(F)cc2)OC)cc1OC. The van der Waals surface area contributed by atoms with Crippen LogP contribution in [-0.2, 0) is 22.4 Å². The topological polar surface area (TPSA) is 56.8 Å². The second kappa shape index (κ2) is 11.7. The maximum absolute atomic E-state index is 13.0. The molecule has 2 rings (SSSR count). The lowest BCUT2D eigenvalue weighted by molar-refractivity contribution is -0.131. The van der Waals surface area contributed by atoms with Gasteiger partial charge in [-0.3, -0.25) is 4.79 Å². The average molecular weight is 399 g/mol. The molecule has 1 amide bonds. The summed E-state index contributed by atoms with van der Waals surface area (Å²) in [6.07, 6.45) is 6.42. The Morgan fingerprint density at radius 1 is 1.10 bits per heavy atom. The smallest absolute Gasteiger partial charge is 0.249 e. The highest BCUT2D eigenvalue weighted by molar-refractivity contribution is 5.80. The van der Waals surface area contributed by atoms with Gasteiger partial charge in [0.2, 0.25) is 5.91 Å². The number of hydrogen-bond donors (Lipinski definition) is 1. The largest absolute Gasteiger partial charge is 0.493 e. The molecule has 0 saturated carbocycles. The molecule has 0 spiro atoms. The molecule has 0 aliphatic rings. The number of carbonyl (C=O) groups is 1. The van der Waals surface area contributed by atoms with Crippen LogP contribution in [0, 0.1) is 18.2 Å². The Labute approximate surface area is 171 Å². The Morgan fingerprint density at radius 3 is 2.48 bits per heavy atom. The van der Waals surface area contributed by atoms with E-state index in [1.165, 1.54) is 19.2 Å². The number of benzene rings is 2. The molecule has 1 N–H and O–H groups in total. The van der Waals surface area contributed by atoms with E-state index in [0.717, 1.165) is 11.1 Å². The van der Waals surface area contributed by atoms with Crippen molar-refractivity contribution in [1.82, 2.24) is 5.32 Å². The maximum atomic E-state index is 13.0. The molecule has 0 aliphatic carbocycles. The molecule has 0 unspecified atom stereocenters. The molecule has 29 heavy (non-hydrogen) atoms. The highest BCUT2D eigenvalue weighted by atomic mass is 19.1. The molecule has 2 aromatic carbocycles. The third-order valence-electron chi connectivity index (χ3n) is 4.44. The van der Waals surface area contributed by atoms with Crippen molar-refractivity contribution in [2.75, 3.05) is 27.4 Å². The molecule has 0 bridgehead atoms. The van der Waals surface area contributed by atoms with Crippen molar-refractivity contribution in [3.8, 4) is 23.8 Å². The number of amides is 1. The third kappa shape index (κ3) is 7.13. The van der Waals surface area contributed by atoms with Gasteiger partial charge in [0.05, 0.1) is 7.11 Å². The standard InChI is InChI=1S/C23H26FNO4/c1-4-15-29-20-11-8-18(16-22(20)28-3)13-14-25-23(26)21(27-2)12-7-17-5-9-19(24)10-6-17/h1,5-6,8-11,16,21H,7,12-15H2,2-3H3,(H,25,26)/t21-/m1/s1. The normalized spacial score (nSPS) is 11.4. The molecule has 154 valence electrons. The van der Waals surface area contributed by atoms with Crippen molar-refractivity contribution >= 4 is 5.91 Å². The van der Waals surface area contributed by atoms with E-state index in [0.29, 0.717) is 37.3 Å². The lowest BCUT2D eigenvalue weighted by atomic mass is 10.1. The minimum Gasteiger partial charge on any atom is -0.493 e. The zero-order chi connectivity index (χ0) is 21.1. The van der Waals surface area contributed by atoms with E-state index in [1.54, 1.807) is 25.3 Å². The van der Waals surface area contributed by atoms with Gasteiger partial charge in [-0.1, -0.05) is 24.1 Å². The number of nitrogens with one attached hydrogen (secondary N) is 1. The number of ether oxygens (including phenoxy) is 3. The summed E-state index contributed by atoms with van der Waals surface area (Å²) in [5.74, 6) is 3.15.